The lowest BCUT2D eigenvalue weighted by molar-refractivity contribution is 0.564. The van der Waals surface area contributed by atoms with Crippen LogP contribution in [0.5, 0.6) is 0 Å². The molecule has 0 amide bonds. The van der Waals surface area contributed by atoms with Crippen LogP contribution in [0.4, 0.5) is 0 Å². The first kappa shape index (κ1) is 18.1. The molecule has 0 spiro atoms. The van der Waals surface area contributed by atoms with Crippen molar-refractivity contribution in [2.45, 2.75) is 45.4 Å². The minimum atomic E-state index is -1.93. The highest BCUT2D eigenvalue weighted by molar-refractivity contribution is 7.64. The quantitative estimate of drug-likeness (QED) is 0.401. The summed E-state index contributed by atoms with van der Waals surface area (Å²) in [5.41, 5.74) is 0. The van der Waals surface area contributed by atoms with Gasteiger partial charge in [-0.15, -0.1) is 0 Å². The van der Waals surface area contributed by atoms with Crippen LogP contribution in [0.25, 0.3) is 0 Å². The maximum atomic E-state index is 12.7. The molecule has 0 radical (unpaired) electrons. The number of hydrogen-bond acceptors (Lipinski definition) is 3. The largest absolute Gasteiger partial charge is 0.323 e. The Morgan fingerprint density at radius 2 is 1.28 bits per heavy atom. The van der Waals surface area contributed by atoms with Crippen LogP contribution in [0, 0.1) is 0 Å². The summed E-state index contributed by atoms with van der Waals surface area (Å²) in [6, 6.07) is 0. The highest BCUT2D eigenvalue weighted by Crippen LogP contribution is 2.45. The van der Waals surface area contributed by atoms with E-state index in [0.717, 1.165) is 38.0 Å². The second kappa shape index (κ2) is 12.2. The van der Waals surface area contributed by atoms with E-state index in [1.54, 1.807) is 0 Å². The minimum absolute atomic E-state index is 0.861. The normalized spacial score (nSPS) is 11.9. The SMILES string of the molecule is CCCCCCCCP(=O)(CCNC)CCNC. The van der Waals surface area contributed by atoms with E-state index in [9.17, 15) is 4.57 Å². The molecule has 0 rings (SSSR count). The number of hydrogen-bond donors (Lipinski definition) is 2. The summed E-state index contributed by atoms with van der Waals surface area (Å²) in [6.07, 6.45) is 10.4. The fraction of sp³-hybridized carbons (Fsp3) is 1.00. The van der Waals surface area contributed by atoms with Crippen molar-refractivity contribution >= 4 is 7.14 Å². The Morgan fingerprint density at radius 1 is 0.778 bits per heavy atom. The summed E-state index contributed by atoms with van der Waals surface area (Å²) in [5.74, 6) is 0. The van der Waals surface area contributed by atoms with E-state index >= 15 is 0 Å². The second-order valence-corrected chi connectivity index (χ2v) is 8.66. The van der Waals surface area contributed by atoms with Crippen LogP contribution in [0.15, 0.2) is 0 Å². The first-order valence-corrected chi connectivity index (χ1v) is 9.81. The predicted molar refractivity (Wildman–Crippen MR) is 83.4 cm³/mol. The van der Waals surface area contributed by atoms with E-state index in [4.69, 9.17) is 0 Å². The molecule has 18 heavy (non-hydrogen) atoms. The van der Waals surface area contributed by atoms with Crippen LogP contribution in [-0.2, 0) is 4.57 Å². The topological polar surface area (TPSA) is 41.1 Å². The molecule has 2 N–H and O–H groups in total. The molecule has 0 saturated heterocycles. The molecule has 110 valence electrons. The average molecular weight is 276 g/mol. The van der Waals surface area contributed by atoms with Crippen molar-refractivity contribution in [1.29, 1.82) is 0 Å². The summed E-state index contributed by atoms with van der Waals surface area (Å²) in [5, 5.41) is 6.25. The molecule has 0 aromatic heterocycles. The van der Waals surface area contributed by atoms with Gasteiger partial charge in [0, 0.05) is 31.6 Å². The van der Waals surface area contributed by atoms with Crippen molar-refractivity contribution < 1.29 is 4.57 Å². The highest BCUT2D eigenvalue weighted by atomic mass is 31.2. The maximum Gasteiger partial charge on any atom is 0.0902 e. The van der Waals surface area contributed by atoms with Crippen LogP contribution in [-0.4, -0.2) is 45.7 Å². The Hall–Kier alpha value is 0.150. The monoisotopic (exact) mass is 276 g/mol. The van der Waals surface area contributed by atoms with Crippen molar-refractivity contribution in [1.82, 2.24) is 10.6 Å². The lowest BCUT2D eigenvalue weighted by atomic mass is 10.1. The van der Waals surface area contributed by atoms with E-state index in [-0.39, 0.29) is 0 Å². The Bertz CT molecular complexity index is 210. The fourth-order valence-electron chi connectivity index (χ4n) is 2.15. The lowest BCUT2D eigenvalue weighted by Crippen LogP contribution is -2.19. The summed E-state index contributed by atoms with van der Waals surface area (Å²) < 4.78 is 12.7. The molecule has 4 heteroatoms. The summed E-state index contributed by atoms with van der Waals surface area (Å²) in [7, 11) is 1.94. The van der Waals surface area contributed by atoms with Gasteiger partial charge in [-0.3, -0.25) is 0 Å². The van der Waals surface area contributed by atoms with Crippen LogP contribution in [0.1, 0.15) is 45.4 Å². The lowest BCUT2D eigenvalue weighted by Gasteiger charge is -2.18. The highest BCUT2D eigenvalue weighted by Gasteiger charge is 2.19. The molecule has 0 aromatic rings. The first-order chi connectivity index (χ1) is 8.68. The molecular weight excluding hydrogens is 243 g/mol. The summed E-state index contributed by atoms with van der Waals surface area (Å²) in [6.45, 7) is 4.01. The third-order valence-corrected chi connectivity index (χ3v) is 6.67. The van der Waals surface area contributed by atoms with Gasteiger partial charge in [0.1, 0.15) is 0 Å². The van der Waals surface area contributed by atoms with Crippen LogP contribution >= 0.6 is 7.14 Å². The second-order valence-electron chi connectivity index (χ2n) is 5.20. The summed E-state index contributed by atoms with van der Waals surface area (Å²) in [4.78, 5) is 0. The molecule has 0 aliphatic carbocycles. The van der Waals surface area contributed by atoms with Crippen molar-refractivity contribution in [2.75, 3.05) is 45.7 Å². The van der Waals surface area contributed by atoms with E-state index < -0.39 is 7.14 Å². The molecule has 0 heterocycles. The van der Waals surface area contributed by atoms with Crippen molar-refractivity contribution in [3.8, 4) is 0 Å². The number of rotatable bonds is 13. The molecule has 0 aliphatic rings. The average Bonchev–Trinajstić information content (AvgIpc) is 2.38. The Kier molecular flexibility index (Phi) is 12.3. The van der Waals surface area contributed by atoms with Crippen LogP contribution < -0.4 is 10.6 Å². The third-order valence-electron chi connectivity index (χ3n) is 3.46. The third kappa shape index (κ3) is 10.1. The molecule has 0 bridgehead atoms. The van der Waals surface area contributed by atoms with Gasteiger partial charge in [0.2, 0.25) is 0 Å². The van der Waals surface area contributed by atoms with Gasteiger partial charge in [0.05, 0.1) is 7.14 Å². The van der Waals surface area contributed by atoms with E-state index in [0.29, 0.717) is 0 Å². The van der Waals surface area contributed by atoms with Crippen LogP contribution in [0.3, 0.4) is 0 Å². The smallest absolute Gasteiger partial charge is 0.0902 e. The van der Waals surface area contributed by atoms with Crippen LogP contribution in [0.2, 0.25) is 0 Å². The maximum absolute atomic E-state index is 12.7. The van der Waals surface area contributed by atoms with E-state index in [1.807, 2.05) is 14.1 Å². The van der Waals surface area contributed by atoms with Gasteiger partial charge in [-0.25, -0.2) is 0 Å². The van der Waals surface area contributed by atoms with Crippen molar-refractivity contribution in [2.24, 2.45) is 0 Å². The van der Waals surface area contributed by atoms with Gasteiger partial charge >= 0.3 is 0 Å². The standard InChI is InChI=1S/C14H33N2OP/c1-4-5-6-7-8-9-12-18(17,13-10-15-2)14-11-16-3/h15-16H,4-14H2,1-3H3. The van der Waals surface area contributed by atoms with Crippen molar-refractivity contribution in [3.05, 3.63) is 0 Å². The van der Waals surface area contributed by atoms with Gasteiger partial charge in [-0.2, -0.15) is 0 Å². The summed E-state index contributed by atoms with van der Waals surface area (Å²) >= 11 is 0. The zero-order valence-corrected chi connectivity index (χ0v) is 13.5. The van der Waals surface area contributed by atoms with E-state index in [2.05, 4.69) is 17.6 Å². The molecule has 0 saturated carbocycles. The van der Waals surface area contributed by atoms with Gasteiger partial charge < -0.3 is 15.2 Å². The minimum Gasteiger partial charge on any atom is -0.323 e. The molecule has 3 nitrogen and oxygen atoms in total. The Morgan fingerprint density at radius 3 is 1.78 bits per heavy atom. The molecule has 0 aromatic carbocycles. The van der Waals surface area contributed by atoms with Gasteiger partial charge in [-0.05, 0) is 20.5 Å². The van der Waals surface area contributed by atoms with E-state index in [1.165, 1.54) is 32.1 Å². The molecule has 0 atom stereocenters. The number of unbranched alkanes of at least 4 members (excludes halogenated alkanes) is 5. The predicted octanol–water partition coefficient (Wildman–Crippen LogP) is 3.15. The Balaban J connectivity index is 3.81. The number of nitrogens with one attached hydrogen (secondary N) is 2. The molecule has 0 fully saturated rings. The van der Waals surface area contributed by atoms with Gasteiger partial charge in [-0.1, -0.05) is 39.0 Å². The zero-order valence-electron chi connectivity index (χ0n) is 12.6. The zero-order chi connectivity index (χ0) is 13.7. The van der Waals surface area contributed by atoms with Gasteiger partial charge in [0.25, 0.3) is 0 Å². The Labute approximate surface area is 114 Å². The first-order valence-electron chi connectivity index (χ1n) is 7.55. The molecule has 0 aliphatic heterocycles. The molecular formula is C14H33N2OP. The van der Waals surface area contributed by atoms with Crippen molar-refractivity contribution in [3.63, 3.8) is 0 Å². The fourth-order valence-corrected chi connectivity index (χ4v) is 4.88. The van der Waals surface area contributed by atoms with Gasteiger partial charge in [0.15, 0.2) is 0 Å². The molecule has 0 unspecified atom stereocenters.